The van der Waals surface area contributed by atoms with Crippen LogP contribution < -0.4 is 11.1 Å². The summed E-state index contributed by atoms with van der Waals surface area (Å²) in [5.41, 5.74) is 3.93. The molecule has 2 aromatic rings. The third-order valence-electron chi connectivity index (χ3n) is 8.91. The van der Waals surface area contributed by atoms with Crippen molar-refractivity contribution >= 4 is 28.9 Å². The van der Waals surface area contributed by atoms with Crippen LogP contribution in [0.25, 0.3) is 5.76 Å². The standard InChI is InChI=1S/C31H37N3O8/c32-24(37)15-23(36)31(42)21(10-13-35)27(38)20-14-18-6-7-22(28(39)25(18)29(40)26(20)30(31)41)33-19-8-11-34(12-9-19)16-17-4-2-1-3-5-17/h1-7,19-21,27,33,35,38-40,42H,8-16H2,(H2,32,37)/t20-,21-,27+,31-/m1/s1. The SMILES string of the molecule is NC(=O)CC(=O)[C@@]1(O)C(=O)C2=C(O)c3c(ccc(NC4CCN(Cc5ccccc5)CC4)c3O)C[C@H]2[C@H](O)[C@H]1CCO. The van der Waals surface area contributed by atoms with Crippen LogP contribution in [0.15, 0.2) is 48.0 Å². The van der Waals surface area contributed by atoms with Gasteiger partial charge in [-0.2, -0.15) is 0 Å². The molecule has 224 valence electrons. The highest BCUT2D eigenvalue weighted by atomic mass is 16.3. The fourth-order valence-corrected chi connectivity index (χ4v) is 6.74. The number of carbonyl (C=O) groups excluding carboxylic acids is 3. The van der Waals surface area contributed by atoms with E-state index in [4.69, 9.17) is 5.73 Å². The molecule has 0 spiro atoms. The van der Waals surface area contributed by atoms with Gasteiger partial charge < -0.3 is 36.6 Å². The number of phenolic OH excluding ortho intramolecular Hbond substituents is 1. The van der Waals surface area contributed by atoms with Gasteiger partial charge in [0.05, 0.1) is 23.8 Å². The number of primary amides is 1. The number of ketones is 2. The average Bonchev–Trinajstić information content (AvgIpc) is 2.96. The molecule has 3 aliphatic rings. The van der Waals surface area contributed by atoms with E-state index < -0.39 is 65.4 Å². The van der Waals surface area contributed by atoms with E-state index in [2.05, 4.69) is 22.3 Å². The number of Topliss-reactive ketones (excluding diaryl/α,β-unsaturated/α-hetero) is 2. The lowest BCUT2D eigenvalue weighted by Gasteiger charge is -2.46. The number of nitrogens with zero attached hydrogens (tertiary/aromatic N) is 1. The molecule has 2 aliphatic carbocycles. The fraction of sp³-hybridized carbons (Fsp3) is 0.452. The maximum atomic E-state index is 13.7. The molecule has 11 heteroatoms. The van der Waals surface area contributed by atoms with Crippen molar-refractivity contribution in [1.29, 1.82) is 0 Å². The smallest absolute Gasteiger partial charge is 0.225 e. The largest absolute Gasteiger partial charge is 0.507 e. The summed E-state index contributed by atoms with van der Waals surface area (Å²) >= 11 is 0. The van der Waals surface area contributed by atoms with E-state index in [1.165, 1.54) is 5.56 Å². The molecule has 1 heterocycles. The number of aliphatic hydroxyl groups excluding tert-OH is 3. The quantitative estimate of drug-likeness (QED) is 0.167. The normalized spacial score (nSPS) is 26.5. The second-order valence-electron chi connectivity index (χ2n) is 11.5. The van der Waals surface area contributed by atoms with Crippen LogP contribution in [0.2, 0.25) is 0 Å². The molecule has 0 bridgehead atoms. The van der Waals surface area contributed by atoms with Crippen LogP contribution in [0.4, 0.5) is 5.69 Å². The first-order valence-corrected chi connectivity index (χ1v) is 14.2. The number of amides is 1. The highest BCUT2D eigenvalue weighted by molar-refractivity contribution is 6.23. The van der Waals surface area contributed by atoms with Gasteiger partial charge in [0.2, 0.25) is 11.7 Å². The van der Waals surface area contributed by atoms with Crippen LogP contribution in [0, 0.1) is 11.8 Å². The second-order valence-corrected chi connectivity index (χ2v) is 11.5. The third-order valence-corrected chi connectivity index (χ3v) is 8.91. The molecule has 1 aliphatic heterocycles. The molecule has 0 unspecified atom stereocenters. The molecule has 0 aromatic heterocycles. The number of rotatable bonds is 9. The summed E-state index contributed by atoms with van der Waals surface area (Å²) in [5, 5.41) is 58.1. The summed E-state index contributed by atoms with van der Waals surface area (Å²) in [7, 11) is 0. The molecule has 11 nitrogen and oxygen atoms in total. The molecule has 1 amide bonds. The van der Waals surface area contributed by atoms with E-state index in [-0.39, 0.29) is 30.2 Å². The highest BCUT2D eigenvalue weighted by Gasteiger charge is 2.61. The number of aromatic hydroxyl groups is 1. The predicted octanol–water partition coefficient (Wildman–Crippen LogP) is 1.03. The number of hydrogen-bond donors (Lipinski definition) is 7. The van der Waals surface area contributed by atoms with E-state index in [1.807, 2.05) is 18.2 Å². The van der Waals surface area contributed by atoms with E-state index in [0.29, 0.717) is 11.3 Å². The monoisotopic (exact) mass is 579 g/mol. The van der Waals surface area contributed by atoms with Crippen LogP contribution in [-0.2, 0) is 27.3 Å². The molecule has 8 N–H and O–H groups in total. The predicted molar refractivity (Wildman–Crippen MR) is 153 cm³/mol. The van der Waals surface area contributed by atoms with E-state index in [0.717, 1.165) is 32.5 Å². The van der Waals surface area contributed by atoms with Gasteiger partial charge in [-0.3, -0.25) is 19.3 Å². The summed E-state index contributed by atoms with van der Waals surface area (Å²) in [6, 6.07) is 13.7. The van der Waals surface area contributed by atoms with E-state index in [9.17, 15) is 39.9 Å². The number of nitrogens with two attached hydrogens (primary N) is 1. The van der Waals surface area contributed by atoms with Crippen molar-refractivity contribution in [1.82, 2.24) is 4.90 Å². The minimum absolute atomic E-state index is 0.0152. The van der Waals surface area contributed by atoms with Gasteiger partial charge in [-0.1, -0.05) is 36.4 Å². The van der Waals surface area contributed by atoms with Gasteiger partial charge in [-0.05, 0) is 42.9 Å². The van der Waals surface area contributed by atoms with Crippen LogP contribution >= 0.6 is 0 Å². The number of carbonyl (C=O) groups is 3. The molecule has 1 saturated carbocycles. The van der Waals surface area contributed by atoms with Crippen molar-refractivity contribution in [3.63, 3.8) is 0 Å². The number of phenols is 1. The zero-order valence-electron chi connectivity index (χ0n) is 23.2. The average molecular weight is 580 g/mol. The lowest BCUT2D eigenvalue weighted by molar-refractivity contribution is -0.169. The molecule has 5 rings (SSSR count). The molecule has 42 heavy (non-hydrogen) atoms. The molecule has 1 saturated heterocycles. The Morgan fingerprint density at radius 1 is 1.07 bits per heavy atom. The number of fused-ring (bicyclic) bond motifs is 2. The zero-order chi connectivity index (χ0) is 30.2. The topological polar surface area (TPSA) is 194 Å². The first-order chi connectivity index (χ1) is 20.1. The van der Waals surface area contributed by atoms with E-state index in [1.54, 1.807) is 12.1 Å². The van der Waals surface area contributed by atoms with E-state index >= 15 is 0 Å². The number of anilines is 1. The van der Waals surface area contributed by atoms with Crippen molar-refractivity contribution in [2.75, 3.05) is 25.0 Å². The Hall–Kier alpha value is -3.77. The van der Waals surface area contributed by atoms with Gasteiger partial charge in [0.25, 0.3) is 0 Å². The van der Waals surface area contributed by atoms with Crippen molar-refractivity contribution in [2.45, 2.75) is 56.4 Å². The number of aliphatic hydroxyl groups is 4. The van der Waals surface area contributed by atoms with Crippen molar-refractivity contribution in [3.8, 4) is 5.75 Å². The van der Waals surface area contributed by atoms with Crippen molar-refractivity contribution in [3.05, 3.63) is 64.7 Å². The maximum Gasteiger partial charge on any atom is 0.225 e. The number of likely N-dealkylation sites (tertiary alicyclic amines) is 1. The van der Waals surface area contributed by atoms with Gasteiger partial charge in [-0.25, -0.2) is 0 Å². The summed E-state index contributed by atoms with van der Waals surface area (Å²) < 4.78 is 0. The highest BCUT2D eigenvalue weighted by Crippen LogP contribution is 2.50. The number of hydrogen-bond acceptors (Lipinski definition) is 10. The van der Waals surface area contributed by atoms with Gasteiger partial charge in [0.1, 0.15) is 11.5 Å². The van der Waals surface area contributed by atoms with Gasteiger partial charge in [0.15, 0.2) is 11.4 Å². The Balaban J connectivity index is 1.40. The number of nitrogens with one attached hydrogen (secondary N) is 1. The Morgan fingerprint density at radius 2 is 1.76 bits per heavy atom. The molecule has 2 fully saturated rings. The van der Waals surface area contributed by atoms with Crippen LogP contribution in [-0.4, -0.2) is 85.3 Å². The Labute approximate surface area is 243 Å². The van der Waals surface area contributed by atoms with Crippen molar-refractivity contribution in [2.24, 2.45) is 17.6 Å². The van der Waals surface area contributed by atoms with Crippen LogP contribution in [0.3, 0.4) is 0 Å². The van der Waals surface area contributed by atoms with Crippen LogP contribution in [0.1, 0.15) is 42.4 Å². The van der Waals surface area contributed by atoms with Gasteiger partial charge >= 0.3 is 0 Å². The van der Waals surface area contributed by atoms with Gasteiger partial charge in [0, 0.05) is 49.7 Å². The van der Waals surface area contributed by atoms with Gasteiger partial charge in [-0.15, -0.1) is 0 Å². The summed E-state index contributed by atoms with van der Waals surface area (Å²) in [5.74, 6) is -6.82. The molecule has 4 atom stereocenters. The number of piperidine rings is 1. The first kappa shape index (κ1) is 29.7. The maximum absolute atomic E-state index is 13.7. The molecule has 0 radical (unpaired) electrons. The second kappa shape index (κ2) is 11.8. The summed E-state index contributed by atoms with van der Waals surface area (Å²) in [6.45, 7) is 2.02. The minimum Gasteiger partial charge on any atom is -0.507 e. The summed E-state index contributed by atoms with van der Waals surface area (Å²) in [6.07, 6.45) is -1.09. The zero-order valence-corrected chi connectivity index (χ0v) is 23.2. The van der Waals surface area contributed by atoms with Crippen molar-refractivity contribution < 1.29 is 39.9 Å². The Bertz CT molecular complexity index is 1400. The Morgan fingerprint density at radius 3 is 2.40 bits per heavy atom. The molecule has 2 aromatic carbocycles. The number of benzene rings is 2. The summed E-state index contributed by atoms with van der Waals surface area (Å²) in [4.78, 5) is 40.5. The lowest BCUT2D eigenvalue weighted by atomic mass is 9.59. The van der Waals surface area contributed by atoms with Crippen LogP contribution in [0.5, 0.6) is 5.75 Å². The molecular formula is C31H37N3O8. The lowest BCUT2D eigenvalue weighted by Crippen LogP contribution is -2.64. The Kier molecular flexibility index (Phi) is 8.38. The molecular weight excluding hydrogens is 542 g/mol. The third kappa shape index (κ3) is 5.29. The minimum atomic E-state index is -2.88. The first-order valence-electron chi connectivity index (χ1n) is 14.2. The fourth-order valence-electron chi connectivity index (χ4n) is 6.74.